The van der Waals surface area contributed by atoms with Gasteiger partial charge in [0.2, 0.25) is 11.8 Å². The van der Waals surface area contributed by atoms with Gasteiger partial charge in [-0.3, -0.25) is 9.59 Å². The Hall–Kier alpha value is -2.62. The SMILES string of the molecule is CC(=O)N[C@H]1[C@H](O[C@@H]([C@H](O)[C@H](CO)NC(C)=O)[C@H](O)CO)O[C@H](CO)[C@@H](O[C@@H]2O[C@H](CO[C@H]3O[C@H](CO[C@H]4O[C@H](CO)[C@@H](O)[C@H](O)[C@@H]4O)[C@@H](O)[C@H](O[C@H]4O[C@H](CO)[C@@H](O)[C@H](O)[C@@H]4O)[C@@H]3O)[C@@H](O)[C@H](O[C@H]3O[C@H](CO)[C@@H](O)[C@H](O[C@H]4O[C@H](CO)[C@@H](O)[C@H](O)[C@@H]4O)[C@@H]3O)[C@@H]2O)[C@@H]1O. The van der Waals surface area contributed by atoms with Crippen LogP contribution in [0.5, 0.6) is 0 Å². The van der Waals surface area contributed by atoms with E-state index in [0.717, 1.165) is 13.8 Å². The van der Waals surface area contributed by atoms with E-state index >= 15 is 0 Å². The molecule has 7 aliphatic heterocycles. The molecule has 0 aromatic carbocycles. The lowest BCUT2D eigenvalue weighted by molar-refractivity contribution is -0.393. The van der Waals surface area contributed by atoms with Crippen molar-refractivity contribution in [1.82, 2.24) is 10.6 Å². The molecular weight excluding hydrogens is 1310 g/mol. The fraction of sp³-hybridized carbons (Fsp3) is 0.962. The zero-order chi connectivity index (χ0) is 70.3. The van der Waals surface area contributed by atoms with E-state index in [1.165, 1.54) is 0 Å². The van der Waals surface area contributed by atoms with Crippen LogP contribution < -0.4 is 10.6 Å². The number of nitrogens with one attached hydrogen (secondary N) is 2. The average molecular weight is 1400 g/mol. The Bertz CT molecular complexity index is 2330. The maximum absolute atomic E-state index is 12.8. The smallest absolute Gasteiger partial charge is 0.217 e. The standard InChI is InChI=1S/C52H90N2O41/c1-12(62)53-14(3-55)24(65)41(15(64)4-56)91-46-23(54-13(2)63)31(72)42(20(9-61)88-46)92-52-40(81)45(95-51-39(80)43(28(69)19(8-60)87-51)93-49-36(77)33(74)26(67)17(6-58)85-49)30(71)22(90-52)11-83-48-38(79)44(94-50-37(78)34(75)27(68)18(7-59)86-50)29(70)21(89-48)10-82-47-35(76)32(73)25(66)16(5-57)84-47/h14-52,55-61,64-81H,3-11H2,1-2H3,(H,53,62)(H,54,63)/t14-,15+,16+,17+,18+,19+,20+,21+,22+,23+,24+,25+,26+,27+,28+,29+,30+,31+,32-,33-,34-,35-,36-,37-,38-,39-,40-,41+,42+,43-,44-,45-,46-,47-,48-,49+,50+,51+,52-/m0/s1. The topological polar surface area (TPSA) is 693 Å². The first kappa shape index (κ1) is 79.7. The minimum absolute atomic E-state index is 0.789. The Morgan fingerprint density at radius 3 is 1.07 bits per heavy atom. The van der Waals surface area contributed by atoms with Crippen LogP contribution in [0.15, 0.2) is 0 Å². The number of rotatable bonds is 28. The highest BCUT2D eigenvalue weighted by molar-refractivity contribution is 5.73. The molecule has 7 aliphatic rings. The highest BCUT2D eigenvalue weighted by Gasteiger charge is 2.59. The van der Waals surface area contributed by atoms with Gasteiger partial charge in [-0.2, -0.15) is 0 Å². The Morgan fingerprint density at radius 1 is 0.358 bits per heavy atom. The number of ether oxygens (including phenoxy) is 14. The average Bonchev–Trinajstić information content (AvgIpc) is 0.782. The number of carbonyl (C=O) groups excluding carboxylic acids is 2. The molecule has 7 rings (SSSR count). The third-order valence-electron chi connectivity index (χ3n) is 17.1. The summed E-state index contributed by atoms with van der Waals surface area (Å²) in [6, 6.07) is -3.54. The predicted octanol–water partition coefficient (Wildman–Crippen LogP) is -18.5. The first-order valence-corrected chi connectivity index (χ1v) is 30.1. The van der Waals surface area contributed by atoms with Crippen molar-refractivity contribution in [3.05, 3.63) is 0 Å². The highest BCUT2D eigenvalue weighted by atomic mass is 16.8. The summed E-state index contributed by atoms with van der Waals surface area (Å²) < 4.78 is 80.4. The molecule has 554 valence electrons. The highest BCUT2D eigenvalue weighted by Crippen LogP contribution is 2.38. The van der Waals surface area contributed by atoms with Gasteiger partial charge in [0.05, 0.1) is 65.5 Å². The minimum Gasteiger partial charge on any atom is -0.394 e. The zero-order valence-electron chi connectivity index (χ0n) is 50.6. The fourth-order valence-corrected chi connectivity index (χ4v) is 11.7. The molecule has 39 atom stereocenters. The summed E-state index contributed by atoms with van der Waals surface area (Å²) >= 11 is 0. The molecule has 0 saturated carbocycles. The third kappa shape index (κ3) is 18.0. The Morgan fingerprint density at radius 2 is 0.684 bits per heavy atom. The Balaban J connectivity index is 1.22. The lowest BCUT2D eigenvalue weighted by Crippen LogP contribution is -2.69. The van der Waals surface area contributed by atoms with Gasteiger partial charge in [0.1, 0.15) is 189 Å². The molecule has 0 bridgehead atoms. The van der Waals surface area contributed by atoms with Crippen LogP contribution in [-0.4, -0.2) is 438 Å². The van der Waals surface area contributed by atoms with Crippen LogP contribution in [-0.2, 0) is 75.9 Å². The summed E-state index contributed by atoms with van der Waals surface area (Å²) in [5.74, 6) is -1.74. The van der Waals surface area contributed by atoms with E-state index < -0.39 is 311 Å². The van der Waals surface area contributed by atoms with Crippen LogP contribution in [0.25, 0.3) is 0 Å². The maximum Gasteiger partial charge on any atom is 0.217 e. The molecule has 0 unspecified atom stereocenters. The second-order valence-corrected chi connectivity index (χ2v) is 23.7. The number of aliphatic hydroxyl groups excluding tert-OH is 25. The lowest BCUT2D eigenvalue weighted by atomic mass is 9.94. The van der Waals surface area contributed by atoms with Crippen molar-refractivity contribution in [3.63, 3.8) is 0 Å². The molecule has 43 nitrogen and oxygen atoms in total. The van der Waals surface area contributed by atoms with Crippen molar-refractivity contribution in [3.8, 4) is 0 Å². The summed E-state index contributed by atoms with van der Waals surface area (Å²) in [6.07, 6.45) is -77.0. The minimum atomic E-state index is -2.49. The number of aliphatic hydroxyl groups is 25. The number of carbonyl (C=O) groups is 2. The monoisotopic (exact) mass is 1400 g/mol. The van der Waals surface area contributed by atoms with Crippen molar-refractivity contribution in [1.29, 1.82) is 0 Å². The van der Waals surface area contributed by atoms with E-state index in [-0.39, 0.29) is 0 Å². The van der Waals surface area contributed by atoms with Crippen molar-refractivity contribution in [2.45, 2.75) is 253 Å². The van der Waals surface area contributed by atoms with Crippen LogP contribution in [0.4, 0.5) is 0 Å². The first-order chi connectivity index (χ1) is 44.9. The molecule has 7 fully saturated rings. The maximum atomic E-state index is 12.8. The normalized spacial score (nSPS) is 47.3. The van der Waals surface area contributed by atoms with Crippen LogP contribution in [0.2, 0.25) is 0 Å². The first-order valence-electron chi connectivity index (χ1n) is 30.1. The molecular formula is C52H90N2O41. The van der Waals surface area contributed by atoms with Crippen LogP contribution in [0, 0.1) is 0 Å². The van der Waals surface area contributed by atoms with Gasteiger partial charge in [-0.15, -0.1) is 0 Å². The number of hydrogen-bond acceptors (Lipinski definition) is 41. The van der Waals surface area contributed by atoms with Crippen LogP contribution in [0.3, 0.4) is 0 Å². The zero-order valence-corrected chi connectivity index (χ0v) is 50.6. The third-order valence-corrected chi connectivity index (χ3v) is 17.1. The Labute approximate surface area is 537 Å². The quantitative estimate of drug-likeness (QED) is 0.0346. The van der Waals surface area contributed by atoms with Crippen LogP contribution in [0.1, 0.15) is 13.8 Å². The van der Waals surface area contributed by atoms with Gasteiger partial charge in [-0.25, -0.2) is 0 Å². The van der Waals surface area contributed by atoms with E-state index in [4.69, 9.17) is 66.3 Å². The largest absolute Gasteiger partial charge is 0.394 e. The molecule has 0 aromatic rings. The molecule has 0 aromatic heterocycles. The van der Waals surface area contributed by atoms with E-state index in [1.54, 1.807) is 0 Å². The van der Waals surface area contributed by atoms with Crippen molar-refractivity contribution >= 4 is 11.8 Å². The molecule has 0 spiro atoms. The molecule has 0 aliphatic carbocycles. The molecule has 95 heavy (non-hydrogen) atoms. The molecule has 0 radical (unpaired) electrons. The molecule has 7 saturated heterocycles. The van der Waals surface area contributed by atoms with Crippen molar-refractivity contribution in [2.24, 2.45) is 0 Å². The summed E-state index contributed by atoms with van der Waals surface area (Å²) in [5.41, 5.74) is 0. The molecule has 43 heteroatoms. The van der Waals surface area contributed by atoms with E-state index in [1.807, 2.05) is 0 Å². The predicted molar refractivity (Wildman–Crippen MR) is 290 cm³/mol. The number of amides is 2. The molecule has 27 N–H and O–H groups in total. The van der Waals surface area contributed by atoms with Crippen molar-refractivity contribution < 1.29 is 204 Å². The fourth-order valence-electron chi connectivity index (χ4n) is 11.7. The second-order valence-electron chi connectivity index (χ2n) is 23.7. The van der Waals surface area contributed by atoms with Crippen molar-refractivity contribution in [2.75, 3.05) is 59.5 Å². The van der Waals surface area contributed by atoms with Crippen LogP contribution >= 0.6 is 0 Å². The van der Waals surface area contributed by atoms with Gasteiger partial charge >= 0.3 is 0 Å². The molecule has 7 heterocycles. The van der Waals surface area contributed by atoms with E-state index in [9.17, 15) is 137 Å². The van der Waals surface area contributed by atoms with Gasteiger partial charge in [-0.05, 0) is 0 Å². The summed E-state index contributed by atoms with van der Waals surface area (Å²) in [6.45, 7) is -7.54. The number of hydrogen-bond donors (Lipinski definition) is 27. The molecule has 2 amide bonds. The van der Waals surface area contributed by atoms with E-state index in [0.29, 0.717) is 0 Å². The second kappa shape index (κ2) is 35.3. The van der Waals surface area contributed by atoms with Gasteiger partial charge in [-0.1, -0.05) is 0 Å². The van der Waals surface area contributed by atoms with E-state index in [2.05, 4.69) is 10.6 Å². The summed E-state index contributed by atoms with van der Waals surface area (Å²) in [7, 11) is 0. The Kier molecular flexibility index (Phi) is 29.6. The lowest BCUT2D eigenvalue weighted by Gasteiger charge is -2.50. The van der Waals surface area contributed by atoms with Gasteiger partial charge in [0, 0.05) is 13.8 Å². The summed E-state index contributed by atoms with van der Waals surface area (Å²) in [5, 5.41) is 275. The van der Waals surface area contributed by atoms with Gasteiger partial charge in [0.25, 0.3) is 0 Å². The van der Waals surface area contributed by atoms with Gasteiger partial charge < -0.3 is 205 Å². The van der Waals surface area contributed by atoms with Gasteiger partial charge in [0.15, 0.2) is 44.0 Å². The summed E-state index contributed by atoms with van der Waals surface area (Å²) in [4.78, 5) is 24.7.